The van der Waals surface area contributed by atoms with Gasteiger partial charge in [-0.1, -0.05) is 13.3 Å². The zero-order valence-corrected chi connectivity index (χ0v) is 15.2. The number of anilines is 1. The minimum Gasteiger partial charge on any atom is -0.493 e. The summed E-state index contributed by atoms with van der Waals surface area (Å²) in [7, 11) is 1.54. The molecule has 0 aromatic carbocycles. The maximum Gasteiger partial charge on any atom is 0.316 e. The predicted molar refractivity (Wildman–Crippen MR) is 103 cm³/mol. The molecule has 8 nitrogen and oxygen atoms in total. The van der Waals surface area contributed by atoms with Gasteiger partial charge in [0, 0.05) is 24.2 Å². The van der Waals surface area contributed by atoms with Crippen molar-refractivity contribution < 1.29 is 9.47 Å². The first-order valence-electron chi connectivity index (χ1n) is 8.78. The minimum absolute atomic E-state index is 0.291. The molecule has 0 spiro atoms. The molecule has 8 heteroatoms. The maximum absolute atomic E-state index is 6.16. The number of hydrogen-bond donors (Lipinski definition) is 1. The molecular formula is C19H20N6O2. The van der Waals surface area contributed by atoms with E-state index < -0.39 is 0 Å². The average molecular weight is 364 g/mol. The average Bonchev–Trinajstić information content (AvgIpc) is 3.04. The molecule has 138 valence electrons. The number of aromatic nitrogens is 5. The number of unbranched alkanes of at least 4 members (excludes halogenated alkanes) is 1. The standard InChI is InChI=1S/C19H20N6O2/c1-3-4-11-27-14-7-10-21-17-16(14)15(12-5-8-23-19(24-12)26-2)13-6-9-22-18(20)25(13)17/h5-10H,3-4,11H2,1-2H3,(H2,20,22). The van der Waals surface area contributed by atoms with Gasteiger partial charge in [0.15, 0.2) is 5.65 Å². The summed E-state index contributed by atoms with van der Waals surface area (Å²) in [6.07, 6.45) is 7.07. The van der Waals surface area contributed by atoms with Crippen molar-refractivity contribution in [3.63, 3.8) is 0 Å². The number of fused-ring (bicyclic) bond motifs is 3. The summed E-state index contributed by atoms with van der Waals surface area (Å²) < 4.78 is 13.1. The van der Waals surface area contributed by atoms with Crippen LogP contribution < -0.4 is 15.2 Å². The molecule has 0 aliphatic carbocycles. The molecule has 0 atom stereocenters. The fraction of sp³-hybridized carbons (Fsp3) is 0.263. The Morgan fingerprint density at radius 1 is 1.07 bits per heavy atom. The van der Waals surface area contributed by atoms with Gasteiger partial charge in [-0.05, 0) is 24.6 Å². The van der Waals surface area contributed by atoms with Crippen LogP contribution in [0.15, 0.2) is 36.8 Å². The molecule has 4 aromatic rings. The van der Waals surface area contributed by atoms with E-state index in [1.807, 2.05) is 22.6 Å². The first-order chi connectivity index (χ1) is 13.2. The van der Waals surface area contributed by atoms with Crippen LogP contribution in [-0.2, 0) is 0 Å². The second kappa shape index (κ2) is 7.06. The van der Waals surface area contributed by atoms with Crippen molar-refractivity contribution in [1.82, 2.24) is 24.3 Å². The number of pyridine rings is 1. The van der Waals surface area contributed by atoms with Crippen molar-refractivity contribution in [3.05, 3.63) is 36.8 Å². The summed E-state index contributed by atoms with van der Waals surface area (Å²) >= 11 is 0. The van der Waals surface area contributed by atoms with Crippen LogP contribution in [0.3, 0.4) is 0 Å². The Balaban J connectivity index is 2.05. The zero-order chi connectivity index (χ0) is 18.8. The normalized spacial score (nSPS) is 11.2. The molecular weight excluding hydrogens is 344 g/mol. The van der Waals surface area contributed by atoms with Crippen molar-refractivity contribution in [2.24, 2.45) is 0 Å². The lowest BCUT2D eigenvalue weighted by Crippen LogP contribution is -2.00. The second-order valence-electron chi connectivity index (χ2n) is 6.04. The highest BCUT2D eigenvalue weighted by Gasteiger charge is 2.21. The highest BCUT2D eigenvalue weighted by atomic mass is 16.5. The van der Waals surface area contributed by atoms with Gasteiger partial charge in [-0.25, -0.2) is 15.0 Å². The number of methoxy groups -OCH3 is 1. The Kier molecular flexibility index (Phi) is 4.45. The van der Waals surface area contributed by atoms with E-state index in [9.17, 15) is 0 Å². The number of hydrogen-bond acceptors (Lipinski definition) is 7. The van der Waals surface area contributed by atoms with Gasteiger partial charge in [-0.3, -0.25) is 4.40 Å². The molecule has 0 radical (unpaired) electrons. The van der Waals surface area contributed by atoms with Crippen LogP contribution in [-0.4, -0.2) is 38.1 Å². The topological polar surface area (TPSA) is 100 Å². The quantitative estimate of drug-likeness (QED) is 0.525. The van der Waals surface area contributed by atoms with Gasteiger partial charge < -0.3 is 15.2 Å². The summed E-state index contributed by atoms with van der Waals surface area (Å²) in [5, 5.41) is 0.842. The third-order valence-corrected chi connectivity index (χ3v) is 4.35. The van der Waals surface area contributed by atoms with E-state index >= 15 is 0 Å². The van der Waals surface area contributed by atoms with E-state index in [4.69, 9.17) is 15.2 Å². The molecule has 0 unspecified atom stereocenters. The van der Waals surface area contributed by atoms with Crippen molar-refractivity contribution in [3.8, 4) is 23.0 Å². The molecule has 2 N–H and O–H groups in total. The van der Waals surface area contributed by atoms with Gasteiger partial charge in [-0.15, -0.1) is 0 Å². The van der Waals surface area contributed by atoms with Gasteiger partial charge in [-0.2, -0.15) is 4.98 Å². The summed E-state index contributed by atoms with van der Waals surface area (Å²) in [5.41, 5.74) is 9.24. The first-order valence-corrected chi connectivity index (χ1v) is 8.78. The van der Waals surface area contributed by atoms with Crippen molar-refractivity contribution in [2.45, 2.75) is 19.8 Å². The van der Waals surface area contributed by atoms with Crippen molar-refractivity contribution in [2.75, 3.05) is 19.5 Å². The van der Waals surface area contributed by atoms with E-state index in [0.717, 1.165) is 35.1 Å². The van der Waals surface area contributed by atoms with Crippen molar-refractivity contribution in [1.29, 1.82) is 0 Å². The van der Waals surface area contributed by atoms with Gasteiger partial charge in [0.25, 0.3) is 0 Å². The maximum atomic E-state index is 6.16. The lowest BCUT2D eigenvalue weighted by Gasteiger charge is -2.08. The summed E-state index contributed by atoms with van der Waals surface area (Å²) in [6, 6.07) is 5.87. The van der Waals surface area contributed by atoms with E-state index in [0.29, 0.717) is 29.9 Å². The Labute approximate surface area is 156 Å². The van der Waals surface area contributed by atoms with E-state index in [2.05, 4.69) is 26.9 Å². The lowest BCUT2D eigenvalue weighted by atomic mass is 10.1. The number of nitrogen functional groups attached to an aromatic ring is 1. The molecule has 0 saturated carbocycles. The smallest absolute Gasteiger partial charge is 0.316 e. The number of nitrogens with zero attached hydrogens (tertiary/aromatic N) is 5. The van der Waals surface area contributed by atoms with Gasteiger partial charge >= 0.3 is 6.01 Å². The summed E-state index contributed by atoms with van der Waals surface area (Å²) in [4.78, 5) is 17.4. The van der Waals surface area contributed by atoms with Gasteiger partial charge in [0.05, 0.1) is 30.3 Å². The molecule has 0 aliphatic rings. The van der Waals surface area contributed by atoms with E-state index in [1.165, 1.54) is 7.11 Å². The monoisotopic (exact) mass is 364 g/mol. The molecule has 4 heterocycles. The lowest BCUT2D eigenvalue weighted by molar-refractivity contribution is 0.313. The minimum atomic E-state index is 0.291. The number of rotatable bonds is 6. The molecule has 0 aliphatic heterocycles. The van der Waals surface area contributed by atoms with Crippen LogP contribution in [0.4, 0.5) is 5.95 Å². The molecule has 4 aromatic heterocycles. The van der Waals surface area contributed by atoms with Gasteiger partial charge in [0.2, 0.25) is 5.95 Å². The van der Waals surface area contributed by atoms with Crippen molar-refractivity contribution >= 4 is 22.5 Å². The van der Waals surface area contributed by atoms with Gasteiger partial charge in [0.1, 0.15) is 5.75 Å². The third kappa shape index (κ3) is 2.88. The Morgan fingerprint density at radius 2 is 1.89 bits per heavy atom. The molecule has 27 heavy (non-hydrogen) atoms. The van der Waals surface area contributed by atoms with Crippen LogP contribution in [0.5, 0.6) is 11.8 Å². The fourth-order valence-electron chi connectivity index (χ4n) is 3.11. The highest BCUT2D eigenvalue weighted by Crippen LogP contribution is 2.39. The van der Waals surface area contributed by atoms with E-state index in [-0.39, 0.29) is 0 Å². The van der Waals surface area contributed by atoms with Crippen LogP contribution in [0.25, 0.3) is 27.8 Å². The molecule has 0 bridgehead atoms. The van der Waals surface area contributed by atoms with Crippen LogP contribution in [0.1, 0.15) is 19.8 Å². The second-order valence-corrected chi connectivity index (χ2v) is 6.04. The number of ether oxygens (including phenoxy) is 2. The molecule has 4 rings (SSSR count). The Bertz CT molecular complexity index is 1110. The number of nitrogens with two attached hydrogens (primary N) is 1. The van der Waals surface area contributed by atoms with Crippen LogP contribution >= 0.6 is 0 Å². The highest BCUT2D eigenvalue weighted by molar-refractivity contribution is 6.07. The van der Waals surface area contributed by atoms with Crippen LogP contribution in [0, 0.1) is 0 Å². The SMILES string of the molecule is CCCCOc1ccnc2c1c(-c1ccnc(OC)n1)c1ccnc(N)n12. The molecule has 0 amide bonds. The predicted octanol–water partition coefficient (Wildman–Crippen LogP) is 3.11. The zero-order valence-electron chi connectivity index (χ0n) is 15.2. The first kappa shape index (κ1) is 17.0. The van der Waals surface area contributed by atoms with E-state index in [1.54, 1.807) is 18.6 Å². The largest absolute Gasteiger partial charge is 0.493 e. The third-order valence-electron chi connectivity index (χ3n) is 4.35. The molecule has 0 saturated heterocycles. The Hall–Kier alpha value is -3.42. The van der Waals surface area contributed by atoms with Crippen LogP contribution in [0.2, 0.25) is 0 Å². The molecule has 0 fully saturated rings. The summed E-state index contributed by atoms with van der Waals surface area (Å²) in [5.74, 6) is 1.09. The fourth-order valence-corrected chi connectivity index (χ4v) is 3.11. The summed E-state index contributed by atoms with van der Waals surface area (Å²) in [6.45, 7) is 2.76. The Morgan fingerprint density at radius 3 is 2.70 bits per heavy atom.